The molecule has 3 rings (SSSR count). The van der Waals surface area contributed by atoms with E-state index in [2.05, 4.69) is 21.0 Å². The summed E-state index contributed by atoms with van der Waals surface area (Å²) >= 11 is 8.52. The fraction of sp³-hybridized carbons (Fsp3) is 0.0714. The maximum atomic E-state index is 14.3. The molecule has 0 bridgehead atoms. The van der Waals surface area contributed by atoms with Crippen LogP contribution in [0.4, 0.5) is 17.6 Å². The van der Waals surface area contributed by atoms with E-state index in [-0.39, 0.29) is 15.0 Å². The molecule has 26 heavy (non-hydrogen) atoms. The highest BCUT2D eigenvalue weighted by Gasteiger charge is 2.29. The van der Waals surface area contributed by atoms with E-state index in [0.717, 1.165) is 18.2 Å². The van der Waals surface area contributed by atoms with E-state index in [0.29, 0.717) is 10.6 Å². The summed E-state index contributed by atoms with van der Waals surface area (Å²) in [6.07, 6.45) is -3.11. The number of nitrogens with zero attached hydrogens (tertiary/aromatic N) is 2. The Morgan fingerprint density at radius 2 is 1.85 bits per heavy atom. The van der Waals surface area contributed by atoms with E-state index in [1.165, 1.54) is 0 Å². The second-order valence-electron chi connectivity index (χ2n) is 5.13. The second kappa shape index (κ2) is 6.48. The van der Waals surface area contributed by atoms with Gasteiger partial charge in [0.05, 0.1) is 15.0 Å². The first kappa shape index (κ1) is 19.1. The molecule has 2 N–H and O–H groups in total. The number of hydrogen-bond donors (Lipinski definition) is 1. The van der Waals surface area contributed by atoms with Crippen molar-refractivity contribution in [3.05, 3.63) is 51.1 Å². The Balaban J connectivity index is 2.51. The molecule has 0 radical (unpaired) electrons. The first-order valence-corrected chi connectivity index (χ1v) is 9.41. The Hall–Kier alpha value is -1.69. The van der Waals surface area contributed by atoms with Crippen molar-refractivity contribution in [2.45, 2.75) is 11.3 Å². The van der Waals surface area contributed by atoms with Gasteiger partial charge in [-0.05, 0) is 40.2 Å². The largest absolute Gasteiger partial charge is 0.281 e. The average Bonchev–Trinajstić information content (AvgIpc) is 2.89. The quantitative estimate of drug-likeness (QED) is 0.457. The average molecular weight is 473 g/mol. The maximum Gasteiger partial charge on any atom is 0.281 e. The number of halogens is 6. The highest BCUT2D eigenvalue weighted by molar-refractivity contribution is 9.10. The van der Waals surface area contributed by atoms with Crippen LogP contribution in [-0.2, 0) is 10.0 Å². The van der Waals surface area contributed by atoms with Crippen LogP contribution >= 0.6 is 27.5 Å². The van der Waals surface area contributed by atoms with E-state index in [1.807, 2.05) is 0 Å². The lowest BCUT2D eigenvalue weighted by molar-refractivity contribution is 0.143. The molecule has 0 atom stereocenters. The maximum absolute atomic E-state index is 14.3. The van der Waals surface area contributed by atoms with Crippen molar-refractivity contribution in [2.75, 3.05) is 0 Å². The van der Waals surface area contributed by atoms with E-state index >= 15 is 0 Å². The molecule has 0 aliphatic carbocycles. The molecule has 0 saturated carbocycles. The van der Waals surface area contributed by atoms with Gasteiger partial charge in [0.2, 0.25) is 10.0 Å². The Morgan fingerprint density at radius 3 is 2.42 bits per heavy atom. The third-order valence-corrected chi connectivity index (χ3v) is 5.39. The van der Waals surface area contributed by atoms with Crippen LogP contribution in [-0.4, -0.2) is 18.0 Å². The summed E-state index contributed by atoms with van der Waals surface area (Å²) < 4.78 is 79.1. The Morgan fingerprint density at radius 1 is 1.19 bits per heavy atom. The van der Waals surface area contributed by atoms with E-state index < -0.39 is 49.9 Å². The summed E-state index contributed by atoms with van der Waals surface area (Å²) in [5.41, 5.74) is -2.32. The van der Waals surface area contributed by atoms with Gasteiger partial charge in [0.1, 0.15) is 27.9 Å². The molecule has 0 amide bonds. The van der Waals surface area contributed by atoms with Crippen molar-refractivity contribution in [1.29, 1.82) is 0 Å². The molecule has 5 nitrogen and oxygen atoms in total. The van der Waals surface area contributed by atoms with Crippen LogP contribution in [0.25, 0.3) is 16.8 Å². The highest BCUT2D eigenvalue weighted by atomic mass is 79.9. The standard InChI is InChI=1S/C14H7BrClF4N3O2S/c15-6-4-8(17)5(3-9(6)18)11-13(26(21,24)25)10-2-1-7(16)12(14(19)20)23(10)22-11/h1-4,14H,(H2,21,24,25). The molecular formula is C14H7BrClF4N3O2S. The molecule has 0 saturated heterocycles. The predicted octanol–water partition coefficient (Wildman–Crippen LogP) is 4.28. The van der Waals surface area contributed by atoms with E-state index in [1.54, 1.807) is 0 Å². The van der Waals surface area contributed by atoms with Crippen molar-refractivity contribution in [2.24, 2.45) is 5.14 Å². The van der Waals surface area contributed by atoms with Crippen molar-refractivity contribution in [3.8, 4) is 11.3 Å². The van der Waals surface area contributed by atoms with Crippen LogP contribution in [0, 0.1) is 11.6 Å². The summed E-state index contributed by atoms with van der Waals surface area (Å²) in [5.74, 6) is -1.94. The zero-order valence-electron chi connectivity index (χ0n) is 12.4. The van der Waals surface area contributed by atoms with Crippen molar-refractivity contribution < 1.29 is 26.0 Å². The first-order chi connectivity index (χ1) is 12.0. The van der Waals surface area contributed by atoms with Gasteiger partial charge in [-0.25, -0.2) is 35.6 Å². The van der Waals surface area contributed by atoms with Gasteiger partial charge in [-0.1, -0.05) is 11.6 Å². The number of sulfonamides is 1. The number of hydrogen-bond acceptors (Lipinski definition) is 3. The molecule has 0 spiro atoms. The summed E-state index contributed by atoms with van der Waals surface area (Å²) in [4.78, 5) is -0.725. The molecule has 3 aromatic rings. The third kappa shape index (κ3) is 3.08. The molecule has 0 unspecified atom stereocenters. The normalized spacial score (nSPS) is 12.3. The molecule has 2 heterocycles. The topological polar surface area (TPSA) is 77.5 Å². The minimum atomic E-state index is -4.53. The summed E-state index contributed by atoms with van der Waals surface area (Å²) in [6, 6.07) is 3.57. The SMILES string of the molecule is NS(=O)(=O)c1c(-c2cc(F)c(Br)cc2F)nn2c(C(F)F)c(Cl)ccc12. The predicted molar refractivity (Wildman–Crippen MR) is 89.6 cm³/mol. The van der Waals surface area contributed by atoms with Gasteiger partial charge in [0.15, 0.2) is 0 Å². The first-order valence-electron chi connectivity index (χ1n) is 6.69. The number of rotatable bonds is 3. The molecule has 138 valence electrons. The van der Waals surface area contributed by atoms with Crippen LogP contribution in [0.15, 0.2) is 33.6 Å². The lowest BCUT2D eigenvalue weighted by Crippen LogP contribution is -2.13. The third-order valence-electron chi connectivity index (χ3n) is 3.49. The van der Waals surface area contributed by atoms with Crippen LogP contribution in [0.1, 0.15) is 12.1 Å². The number of fused-ring (bicyclic) bond motifs is 1. The molecule has 0 aliphatic heterocycles. The Kier molecular flexibility index (Phi) is 4.76. The molecular weight excluding hydrogens is 466 g/mol. The van der Waals surface area contributed by atoms with Gasteiger partial charge in [-0.3, -0.25) is 0 Å². The van der Waals surface area contributed by atoms with Crippen molar-refractivity contribution in [1.82, 2.24) is 9.61 Å². The van der Waals surface area contributed by atoms with Gasteiger partial charge >= 0.3 is 0 Å². The van der Waals surface area contributed by atoms with Gasteiger partial charge in [-0.15, -0.1) is 0 Å². The highest BCUT2D eigenvalue weighted by Crippen LogP contribution is 2.36. The number of alkyl halides is 2. The summed E-state index contributed by atoms with van der Waals surface area (Å²) in [5, 5.41) is 8.51. The van der Waals surface area contributed by atoms with Gasteiger partial charge in [0.25, 0.3) is 6.43 Å². The zero-order chi connectivity index (χ0) is 19.4. The van der Waals surface area contributed by atoms with Crippen molar-refractivity contribution >= 4 is 43.1 Å². The minimum absolute atomic E-state index is 0.212. The van der Waals surface area contributed by atoms with Crippen LogP contribution in [0.2, 0.25) is 5.02 Å². The summed E-state index contributed by atoms with van der Waals surface area (Å²) in [6.45, 7) is 0. The summed E-state index contributed by atoms with van der Waals surface area (Å²) in [7, 11) is -4.53. The lowest BCUT2D eigenvalue weighted by Gasteiger charge is -2.06. The van der Waals surface area contributed by atoms with Gasteiger partial charge < -0.3 is 0 Å². The molecule has 2 aromatic heterocycles. The smallest absolute Gasteiger partial charge is 0.228 e. The van der Waals surface area contributed by atoms with E-state index in [4.69, 9.17) is 16.7 Å². The molecule has 12 heteroatoms. The number of aromatic nitrogens is 2. The molecule has 0 aliphatic rings. The van der Waals surface area contributed by atoms with Crippen LogP contribution in [0.3, 0.4) is 0 Å². The Bertz CT molecular complexity index is 1150. The molecule has 0 fully saturated rings. The number of pyridine rings is 1. The zero-order valence-corrected chi connectivity index (χ0v) is 15.5. The van der Waals surface area contributed by atoms with E-state index in [9.17, 15) is 26.0 Å². The fourth-order valence-corrected chi connectivity index (χ4v) is 3.85. The number of nitrogens with two attached hydrogens (primary N) is 1. The van der Waals surface area contributed by atoms with Crippen LogP contribution < -0.4 is 5.14 Å². The lowest BCUT2D eigenvalue weighted by atomic mass is 10.1. The van der Waals surface area contributed by atoms with Crippen LogP contribution in [0.5, 0.6) is 0 Å². The van der Waals surface area contributed by atoms with Gasteiger partial charge in [-0.2, -0.15) is 5.10 Å². The molecule has 1 aromatic carbocycles. The fourth-order valence-electron chi connectivity index (χ4n) is 2.44. The Labute approximate surface area is 157 Å². The van der Waals surface area contributed by atoms with Gasteiger partial charge in [0, 0.05) is 5.56 Å². The monoisotopic (exact) mass is 471 g/mol. The number of benzene rings is 1. The minimum Gasteiger partial charge on any atom is -0.228 e. The second-order valence-corrected chi connectivity index (χ2v) is 7.89. The number of primary sulfonamides is 1. The van der Waals surface area contributed by atoms with Crippen molar-refractivity contribution in [3.63, 3.8) is 0 Å².